The van der Waals surface area contributed by atoms with E-state index >= 15 is 0 Å². The van der Waals surface area contributed by atoms with E-state index in [1.165, 1.54) is 0 Å². The Bertz CT molecular complexity index is 125. The van der Waals surface area contributed by atoms with Crippen LogP contribution in [0.3, 0.4) is 0 Å². The number of allylic oxidation sites excluding steroid dienone is 3. The van der Waals surface area contributed by atoms with E-state index in [0.717, 1.165) is 19.1 Å². The van der Waals surface area contributed by atoms with Gasteiger partial charge in [0.25, 0.3) is 0 Å². The highest BCUT2D eigenvalue weighted by Crippen LogP contribution is 2.01. The number of hydrogen-bond acceptors (Lipinski definition) is 1. The minimum atomic E-state index is 0.189. The largest absolute Gasteiger partial charge is 0.303 e. The Morgan fingerprint density at radius 3 is 2.80 bits per heavy atom. The third-order valence-electron chi connectivity index (χ3n) is 1.29. The maximum absolute atomic E-state index is 10.1. The van der Waals surface area contributed by atoms with Gasteiger partial charge in [-0.05, 0) is 12.8 Å². The topological polar surface area (TPSA) is 17.1 Å². The van der Waals surface area contributed by atoms with E-state index in [1.807, 2.05) is 19.1 Å². The lowest BCUT2D eigenvalue weighted by molar-refractivity contribution is -0.110. The van der Waals surface area contributed by atoms with Gasteiger partial charge < -0.3 is 4.79 Å². The fourth-order valence-electron chi connectivity index (χ4n) is 0.620. The second-order valence-electron chi connectivity index (χ2n) is 2.35. The molecule has 56 valence electrons. The molecular formula is C9H14O. The normalized spacial score (nSPS) is 13.3. The number of carbonyl (C=O) groups is 1. The van der Waals surface area contributed by atoms with Gasteiger partial charge in [0.15, 0.2) is 0 Å². The summed E-state index contributed by atoms with van der Waals surface area (Å²) in [5, 5.41) is 0. The van der Waals surface area contributed by atoms with Crippen molar-refractivity contribution in [2.24, 2.45) is 5.92 Å². The molecule has 10 heavy (non-hydrogen) atoms. The second kappa shape index (κ2) is 6.27. The van der Waals surface area contributed by atoms with E-state index in [-0.39, 0.29) is 5.92 Å². The maximum Gasteiger partial charge on any atom is 0.122 e. The SMILES string of the molecule is C=C/C=C/CCC(C)C=O. The summed E-state index contributed by atoms with van der Waals surface area (Å²) in [6.45, 7) is 5.47. The smallest absolute Gasteiger partial charge is 0.122 e. The first kappa shape index (κ1) is 9.15. The molecule has 1 atom stereocenters. The van der Waals surface area contributed by atoms with Crippen LogP contribution in [0.5, 0.6) is 0 Å². The van der Waals surface area contributed by atoms with Crippen LogP contribution >= 0.6 is 0 Å². The minimum absolute atomic E-state index is 0.189. The molecule has 0 N–H and O–H groups in total. The summed E-state index contributed by atoms with van der Waals surface area (Å²) in [6.07, 6.45) is 8.55. The summed E-state index contributed by atoms with van der Waals surface area (Å²) >= 11 is 0. The summed E-state index contributed by atoms with van der Waals surface area (Å²) < 4.78 is 0. The van der Waals surface area contributed by atoms with Crippen molar-refractivity contribution in [2.45, 2.75) is 19.8 Å². The average molecular weight is 138 g/mol. The zero-order valence-electron chi connectivity index (χ0n) is 6.42. The summed E-state index contributed by atoms with van der Waals surface area (Å²) in [4.78, 5) is 10.1. The number of aldehydes is 1. The van der Waals surface area contributed by atoms with E-state index in [0.29, 0.717) is 0 Å². The van der Waals surface area contributed by atoms with E-state index in [1.54, 1.807) is 6.08 Å². The van der Waals surface area contributed by atoms with E-state index in [2.05, 4.69) is 6.58 Å². The van der Waals surface area contributed by atoms with Crippen LogP contribution in [0.15, 0.2) is 24.8 Å². The van der Waals surface area contributed by atoms with Gasteiger partial charge in [-0.15, -0.1) is 0 Å². The Morgan fingerprint density at radius 2 is 2.30 bits per heavy atom. The molecule has 0 aliphatic rings. The van der Waals surface area contributed by atoms with Crippen LogP contribution in [0.1, 0.15) is 19.8 Å². The predicted molar refractivity (Wildman–Crippen MR) is 43.8 cm³/mol. The van der Waals surface area contributed by atoms with Crippen molar-refractivity contribution in [1.29, 1.82) is 0 Å². The highest BCUT2D eigenvalue weighted by Gasteiger charge is 1.94. The number of rotatable bonds is 5. The Morgan fingerprint density at radius 1 is 1.60 bits per heavy atom. The first-order chi connectivity index (χ1) is 4.81. The molecule has 0 aliphatic heterocycles. The van der Waals surface area contributed by atoms with Crippen molar-refractivity contribution in [3.63, 3.8) is 0 Å². The molecule has 1 heteroatoms. The summed E-state index contributed by atoms with van der Waals surface area (Å²) in [5.41, 5.74) is 0. The first-order valence-corrected chi connectivity index (χ1v) is 3.54. The lowest BCUT2D eigenvalue weighted by atomic mass is 10.1. The Labute approximate surface area is 62.4 Å². The Balaban J connectivity index is 3.26. The standard InChI is InChI=1S/C9H14O/c1-3-4-5-6-7-9(2)8-10/h3-5,8-9H,1,6-7H2,2H3/b5-4+. The van der Waals surface area contributed by atoms with Crippen LogP contribution in [0.25, 0.3) is 0 Å². The van der Waals surface area contributed by atoms with Crippen molar-refractivity contribution >= 4 is 6.29 Å². The quantitative estimate of drug-likeness (QED) is 0.421. The minimum Gasteiger partial charge on any atom is -0.303 e. The van der Waals surface area contributed by atoms with Crippen molar-refractivity contribution < 1.29 is 4.79 Å². The van der Waals surface area contributed by atoms with Gasteiger partial charge in [-0.3, -0.25) is 0 Å². The molecule has 0 bridgehead atoms. The van der Waals surface area contributed by atoms with E-state index < -0.39 is 0 Å². The van der Waals surface area contributed by atoms with Gasteiger partial charge in [-0.25, -0.2) is 0 Å². The van der Waals surface area contributed by atoms with Gasteiger partial charge in [-0.2, -0.15) is 0 Å². The first-order valence-electron chi connectivity index (χ1n) is 3.54. The molecule has 0 rings (SSSR count). The average Bonchev–Trinajstić information content (AvgIpc) is 1.98. The molecule has 1 unspecified atom stereocenters. The molecule has 0 saturated heterocycles. The predicted octanol–water partition coefficient (Wildman–Crippen LogP) is 2.34. The van der Waals surface area contributed by atoms with E-state index in [4.69, 9.17) is 0 Å². The van der Waals surface area contributed by atoms with Gasteiger partial charge in [0.05, 0.1) is 0 Å². The van der Waals surface area contributed by atoms with Crippen molar-refractivity contribution in [1.82, 2.24) is 0 Å². The van der Waals surface area contributed by atoms with Gasteiger partial charge in [0.2, 0.25) is 0 Å². The van der Waals surface area contributed by atoms with Gasteiger partial charge >= 0.3 is 0 Å². The lowest BCUT2D eigenvalue weighted by Gasteiger charge is -1.96. The fourth-order valence-corrected chi connectivity index (χ4v) is 0.620. The van der Waals surface area contributed by atoms with Gasteiger partial charge in [0.1, 0.15) is 6.29 Å². The zero-order valence-corrected chi connectivity index (χ0v) is 6.42. The van der Waals surface area contributed by atoms with Crippen molar-refractivity contribution in [2.75, 3.05) is 0 Å². The summed E-state index contributed by atoms with van der Waals surface area (Å²) in [6, 6.07) is 0. The monoisotopic (exact) mass is 138 g/mol. The Kier molecular flexibility index (Phi) is 5.74. The second-order valence-corrected chi connectivity index (χ2v) is 2.35. The molecule has 0 aromatic rings. The van der Waals surface area contributed by atoms with Gasteiger partial charge in [0, 0.05) is 5.92 Å². The third kappa shape index (κ3) is 5.29. The van der Waals surface area contributed by atoms with Crippen LogP contribution in [-0.2, 0) is 4.79 Å². The number of carbonyl (C=O) groups excluding carboxylic acids is 1. The van der Waals surface area contributed by atoms with E-state index in [9.17, 15) is 4.79 Å². The molecule has 0 heterocycles. The number of hydrogen-bond donors (Lipinski definition) is 0. The molecule has 0 aliphatic carbocycles. The highest BCUT2D eigenvalue weighted by atomic mass is 16.1. The maximum atomic E-state index is 10.1. The van der Waals surface area contributed by atoms with Crippen LogP contribution in [-0.4, -0.2) is 6.29 Å². The third-order valence-corrected chi connectivity index (χ3v) is 1.29. The molecule has 0 radical (unpaired) electrons. The summed E-state index contributed by atoms with van der Waals surface area (Å²) in [5.74, 6) is 0.189. The zero-order chi connectivity index (χ0) is 7.82. The van der Waals surface area contributed by atoms with Crippen LogP contribution in [0.2, 0.25) is 0 Å². The molecule has 0 fully saturated rings. The molecular weight excluding hydrogens is 124 g/mol. The molecule has 0 aromatic carbocycles. The van der Waals surface area contributed by atoms with Crippen LogP contribution < -0.4 is 0 Å². The molecule has 0 aromatic heterocycles. The molecule has 0 amide bonds. The Hall–Kier alpha value is -0.850. The fraction of sp³-hybridized carbons (Fsp3) is 0.444. The molecule has 0 saturated carbocycles. The summed E-state index contributed by atoms with van der Waals surface area (Å²) in [7, 11) is 0. The molecule has 1 nitrogen and oxygen atoms in total. The lowest BCUT2D eigenvalue weighted by Crippen LogP contribution is -1.93. The van der Waals surface area contributed by atoms with Crippen molar-refractivity contribution in [3.8, 4) is 0 Å². The van der Waals surface area contributed by atoms with Crippen LogP contribution in [0.4, 0.5) is 0 Å². The molecule has 0 spiro atoms. The van der Waals surface area contributed by atoms with Crippen molar-refractivity contribution in [3.05, 3.63) is 24.8 Å². The van der Waals surface area contributed by atoms with Gasteiger partial charge in [-0.1, -0.05) is 31.7 Å². The van der Waals surface area contributed by atoms with Crippen LogP contribution in [0, 0.1) is 5.92 Å². The highest BCUT2D eigenvalue weighted by molar-refractivity contribution is 5.52.